The van der Waals surface area contributed by atoms with Gasteiger partial charge in [0.05, 0.1) is 10.7 Å². The Kier molecular flexibility index (Phi) is 5.21. The van der Waals surface area contributed by atoms with Crippen LogP contribution in [0.4, 0.5) is 0 Å². The van der Waals surface area contributed by atoms with E-state index < -0.39 is 0 Å². The van der Waals surface area contributed by atoms with E-state index in [1.807, 2.05) is 0 Å². The molecule has 0 saturated carbocycles. The van der Waals surface area contributed by atoms with Crippen LogP contribution in [0.25, 0.3) is 0 Å². The molecule has 4 heteroatoms. The molecule has 0 bridgehead atoms. The van der Waals surface area contributed by atoms with E-state index >= 15 is 0 Å². The first-order chi connectivity index (χ1) is 9.43. The minimum atomic E-state index is 0.267. The van der Waals surface area contributed by atoms with Gasteiger partial charge in [-0.25, -0.2) is 4.98 Å². The first-order valence-corrected chi connectivity index (χ1v) is 8.71. The minimum Gasteiger partial charge on any atom is -0.309 e. The Bertz CT molecular complexity index is 429. The number of hydrogen-bond acceptors (Lipinski definition) is 4. The van der Waals surface area contributed by atoms with Gasteiger partial charge < -0.3 is 5.32 Å². The van der Waals surface area contributed by atoms with Crippen LogP contribution in [-0.2, 0) is 6.42 Å². The van der Waals surface area contributed by atoms with E-state index in [4.69, 9.17) is 0 Å². The summed E-state index contributed by atoms with van der Waals surface area (Å²) < 4.78 is 0. The Hall–Kier alpha value is -0.450. The SMILES string of the molecule is CCC1(C)CN(CCc2csc(C)n2)C(C(C)C)CN1. The molecule has 2 atom stereocenters. The zero-order valence-corrected chi connectivity index (χ0v) is 14.4. The number of nitrogens with one attached hydrogen (secondary N) is 1. The third-order valence-electron chi connectivity index (χ3n) is 4.63. The van der Waals surface area contributed by atoms with E-state index in [2.05, 4.69) is 55.2 Å². The standard InChI is InChI=1S/C16H29N3S/c1-6-16(5)11-19(15(9-17-16)12(2)3)8-7-14-10-20-13(4)18-14/h10,12,15,17H,6-9,11H2,1-5H3. The molecular formula is C16H29N3S. The first kappa shape index (κ1) is 15.9. The molecule has 20 heavy (non-hydrogen) atoms. The van der Waals surface area contributed by atoms with E-state index in [1.165, 1.54) is 17.1 Å². The van der Waals surface area contributed by atoms with Crippen molar-refractivity contribution in [3.63, 3.8) is 0 Å². The summed E-state index contributed by atoms with van der Waals surface area (Å²) in [6.45, 7) is 14.8. The molecule has 1 N–H and O–H groups in total. The van der Waals surface area contributed by atoms with Crippen molar-refractivity contribution in [2.45, 2.75) is 59.0 Å². The summed E-state index contributed by atoms with van der Waals surface area (Å²) in [5, 5.41) is 7.14. The lowest BCUT2D eigenvalue weighted by atomic mass is 9.90. The largest absolute Gasteiger partial charge is 0.309 e. The monoisotopic (exact) mass is 295 g/mol. The van der Waals surface area contributed by atoms with Crippen LogP contribution in [0.5, 0.6) is 0 Å². The molecule has 114 valence electrons. The second-order valence-electron chi connectivity index (χ2n) is 6.68. The highest BCUT2D eigenvalue weighted by molar-refractivity contribution is 7.09. The van der Waals surface area contributed by atoms with Crippen LogP contribution < -0.4 is 5.32 Å². The van der Waals surface area contributed by atoms with E-state index in [0.717, 1.165) is 26.1 Å². The lowest BCUT2D eigenvalue weighted by Gasteiger charge is -2.47. The number of nitrogens with zero attached hydrogens (tertiary/aromatic N) is 2. The molecule has 0 aromatic carbocycles. The predicted octanol–water partition coefficient (Wildman–Crippen LogP) is 3.09. The summed E-state index contributed by atoms with van der Waals surface area (Å²) in [5.41, 5.74) is 1.52. The highest BCUT2D eigenvalue weighted by Gasteiger charge is 2.35. The Balaban J connectivity index is 2.00. The van der Waals surface area contributed by atoms with Crippen LogP contribution in [0, 0.1) is 12.8 Å². The molecular weight excluding hydrogens is 266 g/mol. The maximum atomic E-state index is 4.60. The molecule has 1 aliphatic rings. The Labute approximate surface area is 127 Å². The van der Waals surface area contributed by atoms with Crippen LogP contribution in [0.15, 0.2) is 5.38 Å². The molecule has 2 heterocycles. The van der Waals surface area contributed by atoms with E-state index in [0.29, 0.717) is 12.0 Å². The van der Waals surface area contributed by atoms with Crippen molar-refractivity contribution in [3.8, 4) is 0 Å². The highest BCUT2D eigenvalue weighted by Crippen LogP contribution is 2.23. The summed E-state index contributed by atoms with van der Waals surface area (Å²) in [7, 11) is 0. The van der Waals surface area contributed by atoms with Gasteiger partial charge in [0.25, 0.3) is 0 Å². The lowest BCUT2D eigenvalue weighted by molar-refractivity contribution is 0.0612. The topological polar surface area (TPSA) is 28.2 Å². The van der Waals surface area contributed by atoms with Gasteiger partial charge in [0.1, 0.15) is 0 Å². The zero-order valence-electron chi connectivity index (χ0n) is 13.6. The number of aromatic nitrogens is 1. The second-order valence-corrected chi connectivity index (χ2v) is 7.75. The molecule has 1 aromatic rings. The Morgan fingerprint density at radius 1 is 1.55 bits per heavy atom. The smallest absolute Gasteiger partial charge is 0.0897 e. The van der Waals surface area contributed by atoms with Crippen molar-refractivity contribution in [1.29, 1.82) is 0 Å². The van der Waals surface area contributed by atoms with Gasteiger partial charge in [-0.05, 0) is 26.2 Å². The average molecular weight is 295 g/mol. The van der Waals surface area contributed by atoms with Gasteiger partial charge in [-0.1, -0.05) is 20.8 Å². The van der Waals surface area contributed by atoms with Crippen molar-refractivity contribution in [2.75, 3.05) is 19.6 Å². The lowest BCUT2D eigenvalue weighted by Crippen LogP contribution is -2.64. The number of thiazole rings is 1. The number of hydrogen-bond donors (Lipinski definition) is 1. The van der Waals surface area contributed by atoms with Crippen LogP contribution in [0.1, 0.15) is 44.8 Å². The summed E-state index contributed by atoms with van der Waals surface area (Å²) in [4.78, 5) is 7.28. The molecule has 1 saturated heterocycles. The molecule has 1 fully saturated rings. The molecule has 1 aliphatic heterocycles. The fourth-order valence-electron chi connectivity index (χ4n) is 3.02. The molecule has 2 rings (SSSR count). The first-order valence-electron chi connectivity index (χ1n) is 7.83. The quantitative estimate of drug-likeness (QED) is 0.905. The van der Waals surface area contributed by atoms with Crippen molar-refractivity contribution >= 4 is 11.3 Å². The van der Waals surface area contributed by atoms with Gasteiger partial charge in [0.15, 0.2) is 0 Å². The second kappa shape index (κ2) is 6.54. The van der Waals surface area contributed by atoms with Gasteiger partial charge in [0, 0.05) is 43.0 Å². The normalized spacial score (nSPS) is 28.2. The molecule has 0 aliphatic carbocycles. The molecule has 0 amide bonds. The predicted molar refractivity (Wildman–Crippen MR) is 87.5 cm³/mol. The molecule has 2 unspecified atom stereocenters. The summed E-state index contributed by atoms with van der Waals surface area (Å²) in [5.74, 6) is 0.695. The van der Waals surface area contributed by atoms with Gasteiger partial charge in [-0.2, -0.15) is 0 Å². The maximum absolute atomic E-state index is 4.60. The fourth-order valence-corrected chi connectivity index (χ4v) is 3.67. The molecule has 3 nitrogen and oxygen atoms in total. The Morgan fingerprint density at radius 3 is 2.85 bits per heavy atom. The van der Waals surface area contributed by atoms with Crippen LogP contribution >= 0.6 is 11.3 Å². The van der Waals surface area contributed by atoms with Crippen molar-refractivity contribution in [1.82, 2.24) is 15.2 Å². The molecule has 1 aromatic heterocycles. The third-order valence-corrected chi connectivity index (χ3v) is 5.45. The van der Waals surface area contributed by atoms with Crippen molar-refractivity contribution in [3.05, 3.63) is 16.1 Å². The highest BCUT2D eigenvalue weighted by atomic mass is 32.1. The summed E-state index contributed by atoms with van der Waals surface area (Å²) in [6, 6.07) is 0.648. The third kappa shape index (κ3) is 3.80. The van der Waals surface area contributed by atoms with Gasteiger partial charge in [-0.15, -0.1) is 11.3 Å². The number of rotatable bonds is 5. The van der Waals surface area contributed by atoms with Crippen LogP contribution in [0.3, 0.4) is 0 Å². The zero-order chi connectivity index (χ0) is 14.8. The van der Waals surface area contributed by atoms with Gasteiger partial charge in [-0.3, -0.25) is 4.90 Å². The van der Waals surface area contributed by atoms with E-state index in [1.54, 1.807) is 11.3 Å². The van der Waals surface area contributed by atoms with Gasteiger partial charge >= 0.3 is 0 Å². The Morgan fingerprint density at radius 2 is 2.30 bits per heavy atom. The average Bonchev–Trinajstić information content (AvgIpc) is 2.82. The van der Waals surface area contributed by atoms with Crippen molar-refractivity contribution in [2.24, 2.45) is 5.92 Å². The van der Waals surface area contributed by atoms with Crippen LogP contribution in [-0.4, -0.2) is 41.1 Å². The van der Waals surface area contributed by atoms with E-state index in [9.17, 15) is 0 Å². The molecule has 0 radical (unpaired) electrons. The fraction of sp³-hybridized carbons (Fsp3) is 0.812. The van der Waals surface area contributed by atoms with Gasteiger partial charge in [0.2, 0.25) is 0 Å². The van der Waals surface area contributed by atoms with E-state index in [-0.39, 0.29) is 5.54 Å². The molecule has 0 spiro atoms. The van der Waals surface area contributed by atoms with Crippen LogP contribution in [0.2, 0.25) is 0 Å². The number of piperazine rings is 1. The van der Waals surface area contributed by atoms with Crippen molar-refractivity contribution < 1.29 is 0 Å². The summed E-state index contributed by atoms with van der Waals surface area (Å²) in [6.07, 6.45) is 2.26. The number of aryl methyl sites for hydroxylation is 1. The summed E-state index contributed by atoms with van der Waals surface area (Å²) >= 11 is 1.76. The minimum absolute atomic E-state index is 0.267. The maximum Gasteiger partial charge on any atom is 0.0897 e.